The van der Waals surface area contributed by atoms with E-state index in [2.05, 4.69) is 11.2 Å². The first-order valence-electron chi connectivity index (χ1n) is 4.84. The maximum absolute atomic E-state index is 11.5. The third-order valence-corrected chi connectivity index (χ3v) is 2.21. The summed E-state index contributed by atoms with van der Waals surface area (Å²) in [6.07, 6.45) is 5.23. The number of esters is 1. The van der Waals surface area contributed by atoms with Gasteiger partial charge in [-0.2, -0.15) is 0 Å². The Labute approximate surface area is 84.6 Å². The van der Waals surface area contributed by atoms with E-state index in [9.17, 15) is 4.79 Å². The molecule has 4 nitrogen and oxygen atoms in total. The fraction of sp³-hybridized carbons (Fsp3) is 0.700. The Morgan fingerprint density at radius 3 is 3.21 bits per heavy atom. The number of hydrogen-bond acceptors (Lipinski definition) is 4. The zero-order valence-corrected chi connectivity index (χ0v) is 8.45. The summed E-state index contributed by atoms with van der Waals surface area (Å²) in [4.78, 5) is 13.5. The van der Waals surface area contributed by atoms with Gasteiger partial charge in [-0.3, -0.25) is 9.69 Å². The molecule has 1 aliphatic rings. The lowest BCUT2D eigenvalue weighted by Gasteiger charge is -2.32. The van der Waals surface area contributed by atoms with Crippen LogP contribution in [0.15, 0.2) is 0 Å². The summed E-state index contributed by atoms with van der Waals surface area (Å²) in [6, 6.07) is -0.222. The van der Waals surface area contributed by atoms with Crippen LogP contribution in [0.5, 0.6) is 0 Å². The van der Waals surface area contributed by atoms with Crippen LogP contribution in [-0.2, 0) is 9.53 Å². The molecular weight excluding hydrogens is 180 g/mol. The van der Waals surface area contributed by atoms with E-state index in [1.807, 2.05) is 4.90 Å². The Kier molecular flexibility index (Phi) is 4.44. The first kappa shape index (κ1) is 11.0. The number of carbonyl (C=O) groups is 1. The minimum absolute atomic E-state index is 0.185. The van der Waals surface area contributed by atoms with Crippen LogP contribution in [-0.4, -0.2) is 49.7 Å². The van der Waals surface area contributed by atoms with E-state index >= 15 is 0 Å². The number of ether oxygens (including phenoxy) is 1. The van der Waals surface area contributed by atoms with Crippen molar-refractivity contribution >= 4 is 5.97 Å². The molecule has 14 heavy (non-hydrogen) atoms. The molecule has 0 aromatic heterocycles. The van der Waals surface area contributed by atoms with E-state index in [1.165, 1.54) is 0 Å². The Bertz CT molecular complexity index is 235. The number of piperazine rings is 1. The highest BCUT2D eigenvalue weighted by molar-refractivity contribution is 5.76. The van der Waals surface area contributed by atoms with Crippen LogP contribution in [0, 0.1) is 12.3 Å². The maximum Gasteiger partial charge on any atom is 0.324 e. The second kappa shape index (κ2) is 5.63. The molecule has 0 spiro atoms. The summed E-state index contributed by atoms with van der Waals surface area (Å²) in [6.45, 7) is 5.02. The second-order valence-corrected chi connectivity index (χ2v) is 3.15. The van der Waals surface area contributed by atoms with E-state index in [-0.39, 0.29) is 12.0 Å². The fourth-order valence-corrected chi connectivity index (χ4v) is 1.52. The molecular formula is C10H16N2O2. The van der Waals surface area contributed by atoms with Crippen LogP contribution in [0.25, 0.3) is 0 Å². The average molecular weight is 196 g/mol. The average Bonchev–Trinajstić information content (AvgIpc) is 2.19. The quantitative estimate of drug-likeness (QED) is 0.486. The van der Waals surface area contributed by atoms with E-state index < -0.39 is 0 Å². The SMILES string of the molecule is C#CCN1CCNCC1C(=O)OCC. The molecule has 1 atom stereocenters. The number of rotatable bonds is 3. The molecule has 1 aliphatic heterocycles. The van der Waals surface area contributed by atoms with Gasteiger partial charge in [-0.15, -0.1) is 6.42 Å². The van der Waals surface area contributed by atoms with Gasteiger partial charge in [-0.25, -0.2) is 0 Å². The molecule has 0 aliphatic carbocycles. The fourth-order valence-electron chi connectivity index (χ4n) is 1.52. The van der Waals surface area contributed by atoms with E-state index in [1.54, 1.807) is 6.92 Å². The Morgan fingerprint density at radius 1 is 1.79 bits per heavy atom. The number of nitrogens with one attached hydrogen (secondary N) is 1. The number of terminal acetylenes is 1. The molecule has 4 heteroatoms. The lowest BCUT2D eigenvalue weighted by molar-refractivity contribution is -0.149. The molecule has 0 saturated carbocycles. The van der Waals surface area contributed by atoms with Crippen molar-refractivity contribution in [1.29, 1.82) is 0 Å². The summed E-state index contributed by atoms with van der Waals surface area (Å²) in [5.74, 6) is 2.37. The zero-order chi connectivity index (χ0) is 10.4. The third-order valence-electron chi connectivity index (χ3n) is 2.21. The van der Waals surface area contributed by atoms with Gasteiger partial charge < -0.3 is 10.1 Å². The van der Waals surface area contributed by atoms with Gasteiger partial charge in [0.25, 0.3) is 0 Å². The summed E-state index contributed by atoms with van der Waals surface area (Å²) in [5, 5.41) is 3.15. The van der Waals surface area contributed by atoms with Gasteiger partial charge in [0.05, 0.1) is 13.2 Å². The Balaban J connectivity index is 2.53. The van der Waals surface area contributed by atoms with Crippen molar-refractivity contribution in [3.8, 4) is 12.3 Å². The summed E-state index contributed by atoms with van der Waals surface area (Å²) in [5.41, 5.74) is 0. The zero-order valence-electron chi connectivity index (χ0n) is 8.45. The highest BCUT2D eigenvalue weighted by atomic mass is 16.5. The number of carbonyl (C=O) groups excluding carboxylic acids is 1. The minimum atomic E-state index is -0.222. The molecule has 0 amide bonds. The first-order valence-corrected chi connectivity index (χ1v) is 4.84. The molecule has 1 saturated heterocycles. The molecule has 0 bridgehead atoms. The topological polar surface area (TPSA) is 41.6 Å². The third kappa shape index (κ3) is 2.72. The molecule has 1 rings (SSSR count). The van der Waals surface area contributed by atoms with Crippen molar-refractivity contribution in [2.45, 2.75) is 13.0 Å². The smallest absolute Gasteiger partial charge is 0.324 e. The Hall–Kier alpha value is -1.05. The molecule has 1 fully saturated rings. The van der Waals surface area contributed by atoms with Gasteiger partial charge >= 0.3 is 5.97 Å². The lowest BCUT2D eigenvalue weighted by atomic mass is 10.2. The van der Waals surface area contributed by atoms with Crippen LogP contribution in [0.1, 0.15) is 6.92 Å². The van der Waals surface area contributed by atoms with Crippen LogP contribution >= 0.6 is 0 Å². The van der Waals surface area contributed by atoms with Crippen LogP contribution in [0.2, 0.25) is 0 Å². The molecule has 1 N–H and O–H groups in total. The lowest BCUT2D eigenvalue weighted by Crippen LogP contribution is -2.55. The molecule has 0 radical (unpaired) electrons. The van der Waals surface area contributed by atoms with Crippen molar-refractivity contribution in [2.24, 2.45) is 0 Å². The van der Waals surface area contributed by atoms with Crippen molar-refractivity contribution < 1.29 is 9.53 Å². The Morgan fingerprint density at radius 2 is 2.57 bits per heavy atom. The number of hydrogen-bond donors (Lipinski definition) is 1. The van der Waals surface area contributed by atoms with Gasteiger partial charge in [0.2, 0.25) is 0 Å². The van der Waals surface area contributed by atoms with Crippen LogP contribution < -0.4 is 5.32 Å². The summed E-state index contributed by atoms with van der Waals surface area (Å²) >= 11 is 0. The van der Waals surface area contributed by atoms with Gasteiger partial charge in [-0.05, 0) is 6.92 Å². The summed E-state index contributed by atoms with van der Waals surface area (Å²) < 4.78 is 4.97. The van der Waals surface area contributed by atoms with Crippen molar-refractivity contribution in [3.05, 3.63) is 0 Å². The van der Waals surface area contributed by atoms with Crippen molar-refractivity contribution in [1.82, 2.24) is 10.2 Å². The summed E-state index contributed by atoms with van der Waals surface area (Å²) in [7, 11) is 0. The largest absolute Gasteiger partial charge is 0.465 e. The standard InChI is InChI=1S/C10H16N2O2/c1-3-6-12-7-5-11-8-9(12)10(13)14-4-2/h1,9,11H,4-8H2,2H3. The number of nitrogens with zero attached hydrogens (tertiary/aromatic N) is 1. The van der Waals surface area contributed by atoms with Gasteiger partial charge in [0.15, 0.2) is 0 Å². The first-order chi connectivity index (χ1) is 6.79. The minimum Gasteiger partial charge on any atom is -0.465 e. The van der Waals surface area contributed by atoms with Crippen molar-refractivity contribution in [3.63, 3.8) is 0 Å². The molecule has 1 unspecified atom stereocenters. The predicted molar refractivity (Wildman–Crippen MR) is 53.7 cm³/mol. The van der Waals surface area contributed by atoms with Crippen LogP contribution in [0.4, 0.5) is 0 Å². The van der Waals surface area contributed by atoms with Gasteiger partial charge in [-0.1, -0.05) is 5.92 Å². The highest BCUT2D eigenvalue weighted by Crippen LogP contribution is 2.04. The monoisotopic (exact) mass is 196 g/mol. The van der Waals surface area contributed by atoms with Gasteiger partial charge in [0, 0.05) is 19.6 Å². The van der Waals surface area contributed by atoms with Crippen LogP contribution in [0.3, 0.4) is 0 Å². The highest BCUT2D eigenvalue weighted by Gasteiger charge is 2.28. The second-order valence-electron chi connectivity index (χ2n) is 3.15. The molecule has 78 valence electrons. The van der Waals surface area contributed by atoms with E-state index in [4.69, 9.17) is 11.2 Å². The van der Waals surface area contributed by atoms with E-state index in [0.717, 1.165) is 13.1 Å². The van der Waals surface area contributed by atoms with Crippen molar-refractivity contribution in [2.75, 3.05) is 32.8 Å². The molecule has 0 aromatic carbocycles. The van der Waals surface area contributed by atoms with E-state index in [0.29, 0.717) is 19.7 Å². The van der Waals surface area contributed by atoms with Gasteiger partial charge in [0.1, 0.15) is 6.04 Å². The predicted octanol–water partition coefficient (Wildman–Crippen LogP) is -0.543. The maximum atomic E-state index is 11.5. The molecule has 1 heterocycles. The molecule has 0 aromatic rings. The normalized spacial score (nSPS) is 22.7.